The number of ether oxygens (including phenoxy) is 2. The van der Waals surface area contributed by atoms with E-state index in [0.29, 0.717) is 16.6 Å². The maximum absolute atomic E-state index is 13.9. The van der Waals surface area contributed by atoms with Gasteiger partial charge in [-0.1, -0.05) is 24.3 Å². The van der Waals surface area contributed by atoms with Gasteiger partial charge in [0, 0.05) is 5.92 Å². The number of benzene rings is 2. The van der Waals surface area contributed by atoms with Gasteiger partial charge in [-0.3, -0.25) is 24.2 Å². The third-order valence-electron chi connectivity index (χ3n) is 7.04. The van der Waals surface area contributed by atoms with Gasteiger partial charge in [0.05, 0.1) is 47.8 Å². The zero-order chi connectivity index (χ0) is 32.3. The van der Waals surface area contributed by atoms with Crippen LogP contribution in [0.5, 0.6) is 0 Å². The molecule has 2 aromatic carbocycles. The Morgan fingerprint density at radius 1 is 1.07 bits per heavy atom. The molecule has 3 rings (SSSR count). The summed E-state index contributed by atoms with van der Waals surface area (Å²) < 4.78 is 24.4. The average Bonchev–Trinajstić information content (AvgIpc) is 2.97. The van der Waals surface area contributed by atoms with Crippen LogP contribution < -0.4 is 11.1 Å². The van der Waals surface area contributed by atoms with E-state index < -0.39 is 60.0 Å². The molecule has 5 N–H and O–H groups in total. The predicted molar refractivity (Wildman–Crippen MR) is 156 cm³/mol. The summed E-state index contributed by atoms with van der Waals surface area (Å²) in [5, 5.41) is 22.7. The van der Waals surface area contributed by atoms with Gasteiger partial charge < -0.3 is 30.7 Å². The van der Waals surface area contributed by atoms with Crippen molar-refractivity contribution in [3.8, 4) is 0 Å². The topological polar surface area (TPSA) is 191 Å². The molecule has 3 atom stereocenters. The maximum Gasteiger partial charge on any atom is 0.308 e. The fourth-order valence-electron chi connectivity index (χ4n) is 4.47. The summed E-state index contributed by atoms with van der Waals surface area (Å²) in [6.45, 7) is 3.02. The van der Waals surface area contributed by atoms with Crippen LogP contribution in [0.2, 0.25) is 0 Å². The fraction of sp³-hybridized carbons (Fsp3) is 0.419. The summed E-state index contributed by atoms with van der Waals surface area (Å²) in [4.78, 5) is 56.4. The molecule has 0 saturated heterocycles. The number of aliphatic hydroxyl groups excluding tert-OH is 1. The van der Waals surface area contributed by atoms with Crippen molar-refractivity contribution >= 4 is 34.8 Å². The fourth-order valence-corrected chi connectivity index (χ4v) is 4.47. The van der Waals surface area contributed by atoms with Crippen LogP contribution >= 0.6 is 0 Å². The van der Waals surface area contributed by atoms with E-state index in [-0.39, 0.29) is 44.2 Å². The summed E-state index contributed by atoms with van der Waals surface area (Å²) in [5.74, 6) is -4.42. The number of fused-ring (bicyclic) bond motifs is 1. The normalized spacial score (nSPS) is 13.5. The zero-order valence-corrected chi connectivity index (χ0v) is 24.6. The number of carboxylic acid groups (broad SMARTS) is 1. The standard InChI is InChI=1S/C31H37FN4O8/c1-31(2,44-18-43-28(40)11-10-27(38)39)13-12-20(29(33)41)16-26(37)24(15-19-6-5-7-21(32)14-19)36-30(42)25-17-34-22-8-3-4-9-23(22)35-25/h3-9,14,17,20,24,26,37H,10-13,15-16,18H2,1-2H3,(H2,33,41)(H,36,42)(H,38,39). The number of rotatable bonds is 17. The molecule has 1 heterocycles. The molecule has 0 aliphatic rings. The first-order valence-corrected chi connectivity index (χ1v) is 14.1. The molecule has 0 saturated carbocycles. The highest BCUT2D eigenvalue weighted by molar-refractivity contribution is 5.94. The van der Waals surface area contributed by atoms with Crippen LogP contribution in [-0.2, 0) is 30.3 Å². The van der Waals surface area contributed by atoms with Gasteiger partial charge in [0.2, 0.25) is 5.91 Å². The minimum atomic E-state index is -1.26. The lowest BCUT2D eigenvalue weighted by Gasteiger charge is -2.29. The van der Waals surface area contributed by atoms with Crippen LogP contribution in [0.25, 0.3) is 11.0 Å². The molecule has 0 aliphatic heterocycles. The number of nitrogens with two attached hydrogens (primary N) is 1. The first-order chi connectivity index (χ1) is 20.8. The lowest BCUT2D eigenvalue weighted by Crippen LogP contribution is -2.46. The number of aromatic nitrogens is 2. The van der Waals surface area contributed by atoms with Crippen molar-refractivity contribution in [3.05, 3.63) is 71.8 Å². The summed E-state index contributed by atoms with van der Waals surface area (Å²) in [6, 6.07) is 11.8. The number of primary amides is 1. The number of carboxylic acids is 1. The van der Waals surface area contributed by atoms with Crippen LogP contribution in [0.4, 0.5) is 4.39 Å². The van der Waals surface area contributed by atoms with Crippen molar-refractivity contribution in [3.63, 3.8) is 0 Å². The van der Waals surface area contributed by atoms with E-state index in [0.717, 1.165) is 0 Å². The number of carbonyl (C=O) groups is 4. The molecule has 2 amide bonds. The lowest BCUT2D eigenvalue weighted by atomic mass is 9.87. The van der Waals surface area contributed by atoms with Gasteiger partial charge >= 0.3 is 11.9 Å². The molecule has 0 radical (unpaired) electrons. The number of esters is 1. The Morgan fingerprint density at radius 3 is 2.48 bits per heavy atom. The summed E-state index contributed by atoms with van der Waals surface area (Å²) in [7, 11) is 0. The zero-order valence-electron chi connectivity index (χ0n) is 24.6. The first-order valence-electron chi connectivity index (χ1n) is 14.1. The summed E-state index contributed by atoms with van der Waals surface area (Å²) >= 11 is 0. The Labute approximate surface area is 253 Å². The lowest BCUT2D eigenvalue weighted by molar-refractivity contribution is -0.171. The Hall–Kier alpha value is -4.49. The molecule has 236 valence electrons. The van der Waals surface area contributed by atoms with Crippen LogP contribution in [0, 0.1) is 11.7 Å². The number of aliphatic hydroxyl groups is 1. The van der Waals surface area contributed by atoms with E-state index in [9.17, 15) is 28.7 Å². The molecular weight excluding hydrogens is 575 g/mol. The number of carbonyl (C=O) groups excluding carboxylic acids is 3. The number of para-hydroxylation sites is 2. The SMILES string of the molecule is CC(C)(CCC(CC(O)C(Cc1cccc(F)c1)NC(=O)c1cnc2ccccc2n1)C(N)=O)OCOC(=O)CCC(=O)O. The van der Waals surface area contributed by atoms with E-state index in [1.54, 1.807) is 44.2 Å². The molecule has 0 bridgehead atoms. The van der Waals surface area contributed by atoms with E-state index in [1.807, 2.05) is 0 Å². The third-order valence-corrected chi connectivity index (χ3v) is 7.04. The second-order valence-corrected chi connectivity index (χ2v) is 11.0. The number of amides is 2. The molecule has 3 unspecified atom stereocenters. The number of hydrogen-bond acceptors (Lipinski definition) is 9. The van der Waals surface area contributed by atoms with E-state index in [4.69, 9.17) is 20.3 Å². The van der Waals surface area contributed by atoms with Crippen LogP contribution in [0.15, 0.2) is 54.7 Å². The second-order valence-electron chi connectivity index (χ2n) is 11.0. The Morgan fingerprint density at radius 2 is 1.80 bits per heavy atom. The van der Waals surface area contributed by atoms with Crippen molar-refractivity contribution in [2.45, 2.75) is 70.1 Å². The minimum Gasteiger partial charge on any atom is -0.481 e. The number of nitrogens with zero attached hydrogens (tertiary/aromatic N) is 2. The average molecular weight is 613 g/mol. The molecule has 44 heavy (non-hydrogen) atoms. The van der Waals surface area contributed by atoms with Gasteiger partial charge in [0.1, 0.15) is 11.5 Å². The quantitative estimate of drug-likeness (QED) is 0.130. The van der Waals surface area contributed by atoms with E-state index in [1.165, 1.54) is 24.4 Å². The Bertz CT molecular complexity index is 1470. The van der Waals surface area contributed by atoms with Gasteiger partial charge in [0.25, 0.3) is 5.91 Å². The largest absolute Gasteiger partial charge is 0.481 e. The monoisotopic (exact) mass is 612 g/mol. The molecule has 0 spiro atoms. The van der Waals surface area contributed by atoms with Crippen LogP contribution in [-0.4, -0.2) is 68.5 Å². The third kappa shape index (κ3) is 11.0. The van der Waals surface area contributed by atoms with Crippen molar-refractivity contribution in [1.29, 1.82) is 0 Å². The number of halogens is 1. The molecule has 0 aliphatic carbocycles. The van der Waals surface area contributed by atoms with Crippen molar-refractivity contribution in [1.82, 2.24) is 15.3 Å². The van der Waals surface area contributed by atoms with Crippen LogP contribution in [0.3, 0.4) is 0 Å². The molecule has 3 aromatic rings. The van der Waals surface area contributed by atoms with Crippen LogP contribution in [0.1, 0.15) is 62.0 Å². The second kappa shape index (κ2) is 15.8. The molecular formula is C31H37FN4O8. The van der Waals surface area contributed by atoms with E-state index >= 15 is 0 Å². The maximum atomic E-state index is 13.9. The molecule has 13 heteroatoms. The van der Waals surface area contributed by atoms with Gasteiger partial charge in [-0.05, 0) is 69.4 Å². The van der Waals surface area contributed by atoms with Crippen molar-refractivity contribution in [2.75, 3.05) is 6.79 Å². The highest BCUT2D eigenvalue weighted by Gasteiger charge is 2.30. The highest BCUT2D eigenvalue weighted by Crippen LogP contribution is 2.24. The summed E-state index contributed by atoms with van der Waals surface area (Å²) in [5.41, 5.74) is 6.45. The number of hydrogen-bond donors (Lipinski definition) is 4. The minimum absolute atomic E-state index is 0.0224. The predicted octanol–water partition coefficient (Wildman–Crippen LogP) is 2.90. The smallest absolute Gasteiger partial charge is 0.308 e. The Balaban J connectivity index is 1.67. The van der Waals surface area contributed by atoms with Gasteiger partial charge in [-0.25, -0.2) is 9.37 Å². The molecule has 0 fully saturated rings. The molecule has 1 aromatic heterocycles. The van der Waals surface area contributed by atoms with E-state index in [2.05, 4.69) is 15.3 Å². The Kier molecular flexibility index (Phi) is 12.2. The molecule has 12 nitrogen and oxygen atoms in total. The van der Waals surface area contributed by atoms with Gasteiger partial charge in [-0.15, -0.1) is 0 Å². The number of nitrogens with one attached hydrogen (secondary N) is 1. The van der Waals surface area contributed by atoms with Crippen molar-refractivity contribution in [2.24, 2.45) is 11.7 Å². The number of aliphatic carboxylic acids is 1. The summed E-state index contributed by atoms with van der Waals surface area (Å²) in [6.07, 6.45) is -0.161. The van der Waals surface area contributed by atoms with Gasteiger partial charge in [-0.2, -0.15) is 0 Å². The van der Waals surface area contributed by atoms with Gasteiger partial charge in [0.15, 0.2) is 6.79 Å². The first kappa shape index (κ1) is 34.0. The highest BCUT2D eigenvalue weighted by atomic mass is 19.1. The van der Waals surface area contributed by atoms with Crippen molar-refractivity contribution < 1.29 is 43.3 Å².